The molecule has 0 spiro atoms. The monoisotopic (exact) mass is 251 g/mol. The highest BCUT2D eigenvalue weighted by Gasteiger charge is 2.55. The summed E-state index contributed by atoms with van der Waals surface area (Å²) in [6.45, 7) is 0.965. The Morgan fingerprint density at radius 3 is 2.12 bits per heavy atom. The van der Waals surface area contributed by atoms with Crippen LogP contribution in [0.1, 0.15) is 38.5 Å². The summed E-state index contributed by atoms with van der Waals surface area (Å²) < 4.78 is 0. The number of rotatable bonds is 2. The van der Waals surface area contributed by atoms with Gasteiger partial charge >= 0.3 is 0 Å². The molecule has 17 heavy (non-hydrogen) atoms. The number of nitrogens with two attached hydrogens (primary N) is 1. The summed E-state index contributed by atoms with van der Waals surface area (Å²) in [5.74, 6) is 8.10. The SMILES string of the molecule is NCC1(C2C3CC4CC(C3)CC2C4)CCSC1. The second-order valence-electron chi connectivity index (χ2n) is 7.33. The molecule has 0 aromatic heterocycles. The summed E-state index contributed by atoms with van der Waals surface area (Å²) in [5, 5.41) is 0. The summed E-state index contributed by atoms with van der Waals surface area (Å²) in [4.78, 5) is 0. The van der Waals surface area contributed by atoms with Gasteiger partial charge in [0.15, 0.2) is 0 Å². The molecule has 1 unspecified atom stereocenters. The van der Waals surface area contributed by atoms with E-state index in [1.54, 1.807) is 32.1 Å². The largest absolute Gasteiger partial charge is 0.330 e. The van der Waals surface area contributed by atoms with Crippen molar-refractivity contribution in [2.75, 3.05) is 18.1 Å². The van der Waals surface area contributed by atoms with Gasteiger partial charge in [-0.1, -0.05) is 0 Å². The molecule has 1 nitrogen and oxygen atoms in total. The van der Waals surface area contributed by atoms with E-state index in [1.165, 1.54) is 17.9 Å². The molecule has 1 atom stereocenters. The molecule has 4 saturated carbocycles. The van der Waals surface area contributed by atoms with Crippen LogP contribution < -0.4 is 5.73 Å². The molecule has 4 bridgehead atoms. The van der Waals surface area contributed by atoms with Gasteiger partial charge in [-0.25, -0.2) is 0 Å². The molecule has 0 radical (unpaired) electrons. The van der Waals surface area contributed by atoms with E-state index in [2.05, 4.69) is 11.8 Å². The molecule has 4 aliphatic carbocycles. The Morgan fingerprint density at radius 1 is 1.00 bits per heavy atom. The normalized spacial score (nSPS) is 56.6. The molecular formula is C15H25NS. The van der Waals surface area contributed by atoms with Crippen molar-refractivity contribution in [3.63, 3.8) is 0 Å². The zero-order chi connectivity index (χ0) is 11.5. The topological polar surface area (TPSA) is 26.0 Å². The Hall–Kier alpha value is 0.310. The van der Waals surface area contributed by atoms with Crippen LogP contribution in [0.5, 0.6) is 0 Å². The van der Waals surface area contributed by atoms with E-state index in [1.807, 2.05) is 0 Å². The molecule has 0 aromatic carbocycles. The highest BCUT2D eigenvalue weighted by molar-refractivity contribution is 7.99. The first kappa shape index (κ1) is 11.2. The molecule has 0 aromatic rings. The lowest BCUT2D eigenvalue weighted by Crippen LogP contribution is -2.54. The number of hydrogen-bond acceptors (Lipinski definition) is 2. The summed E-state index contributed by atoms with van der Waals surface area (Å²) >= 11 is 2.17. The fourth-order valence-corrected chi connectivity index (χ4v) is 7.66. The van der Waals surface area contributed by atoms with E-state index in [4.69, 9.17) is 5.73 Å². The Morgan fingerprint density at radius 2 is 1.65 bits per heavy atom. The van der Waals surface area contributed by atoms with Crippen molar-refractivity contribution in [2.24, 2.45) is 40.7 Å². The van der Waals surface area contributed by atoms with Crippen LogP contribution in [0.15, 0.2) is 0 Å². The lowest BCUT2D eigenvalue weighted by Gasteiger charge is -2.59. The molecule has 2 N–H and O–H groups in total. The molecule has 96 valence electrons. The zero-order valence-electron chi connectivity index (χ0n) is 10.7. The molecular weight excluding hydrogens is 226 g/mol. The molecule has 1 aliphatic heterocycles. The zero-order valence-corrected chi connectivity index (χ0v) is 11.6. The van der Waals surface area contributed by atoms with E-state index >= 15 is 0 Å². The van der Waals surface area contributed by atoms with Gasteiger partial charge in [0.05, 0.1) is 0 Å². The average molecular weight is 251 g/mol. The van der Waals surface area contributed by atoms with E-state index in [0.717, 1.165) is 36.1 Å². The standard InChI is InChI=1S/C15H25NS/c16-8-15(1-2-17-9-15)14-12-4-10-3-11(6-12)7-13(14)5-10/h10-14H,1-9,16H2. The van der Waals surface area contributed by atoms with Gasteiger partial charge in [-0.2, -0.15) is 11.8 Å². The fourth-order valence-electron chi connectivity index (χ4n) is 6.11. The number of hydrogen-bond donors (Lipinski definition) is 1. The van der Waals surface area contributed by atoms with E-state index < -0.39 is 0 Å². The molecule has 0 amide bonds. The highest BCUT2D eigenvalue weighted by atomic mass is 32.2. The molecule has 2 heteroatoms. The van der Waals surface area contributed by atoms with E-state index in [-0.39, 0.29) is 0 Å². The van der Waals surface area contributed by atoms with Crippen LogP contribution in [-0.2, 0) is 0 Å². The van der Waals surface area contributed by atoms with Crippen LogP contribution in [-0.4, -0.2) is 18.1 Å². The first-order valence-electron chi connectivity index (χ1n) is 7.58. The minimum absolute atomic E-state index is 0.549. The second kappa shape index (κ2) is 3.90. The second-order valence-corrected chi connectivity index (χ2v) is 8.43. The smallest absolute Gasteiger partial charge is 0.000444 e. The van der Waals surface area contributed by atoms with Crippen LogP contribution in [0, 0.1) is 35.0 Å². The average Bonchev–Trinajstić information content (AvgIpc) is 2.77. The molecule has 1 heterocycles. The summed E-state index contributed by atoms with van der Waals surface area (Å²) in [6, 6.07) is 0. The van der Waals surface area contributed by atoms with Crippen molar-refractivity contribution < 1.29 is 0 Å². The number of thioether (sulfide) groups is 1. The minimum Gasteiger partial charge on any atom is -0.330 e. The fraction of sp³-hybridized carbons (Fsp3) is 1.00. The Balaban J connectivity index is 1.65. The van der Waals surface area contributed by atoms with Crippen LogP contribution in [0.2, 0.25) is 0 Å². The van der Waals surface area contributed by atoms with Crippen molar-refractivity contribution in [1.29, 1.82) is 0 Å². The first-order valence-corrected chi connectivity index (χ1v) is 8.74. The van der Waals surface area contributed by atoms with Crippen LogP contribution in [0.3, 0.4) is 0 Å². The maximum absolute atomic E-state index is 6.24. The molecule has 1 saturated heterocycles. The third-order valence-electron chi connectivity index (χ3n) is 6.47. The maximum atomic E-state index is 6.24. The van der Waals surface area contributed by atoms with Crippen LogP contribution >= 0.6 is 11.8 Å². The summed E-state index contributed by atoms with van der Waals surface area (Å²) in [5.41, 5.74) is 6.78. The van der Waals surface area contributed by atoms with Gasteiger partial charge in [-0.15, -0.1) is 0 Å². The van der Waals surface area contributed by atoms with E-state index in [9.17, 15) is 0 Å². The molecule has 5 aliphatic rings. The van der Waals surface area contributed by atoms with Crippen molar-refractivity contribution >= 4 is 11.8 Å². The van der Waals surface area contributed by atoms with Crippen LogP contribution in [0.25, 0.3) is 0 Å². The lowest BCUT2D eigenvalue weighted by atomic mass is 9.46. The van der Waals surface area contributed by atoms with Gasteiger partial charge in [-0.05, 0) is 85.8 Å². The lowest BCUT2D eigenvalue weighted by molar-refractivity contribution is -0.0867. The minimum atomic E-state index is 0.549. The maximum Gasteiger partial charge on any atom is 0.000444 e. The van der Waals surface area contributed by atoms with Crippen molar-refractivity contribution in [3.05, 3.63) is 0 Å². The summed E-state index contributed by atoms with van der Waals surface area (Å²) in [7, 11) is 0. The van der Waals surface area contributed by atoms with Gasteiger partial charge in [0.1, 0.15) is 0 Å². The Labute approximate surface area is 109 Å². The van der Waals surface area contributed by atoms with Gasteiger partial charge < -0.3 is 5.73 Å². The van der Waals surface area contributed by atoms with Gasteiger partial charge in [0.2, 0.25) is 0 Å². The third-order valence-corrected chi connectivity index (χ3v) is 7.75. The van der Waals surface area contributed by atoms with Gasteiger partial charge in [-0.3, -0.25) is 0 Å². The quantitative estimate of drug-likeness (QED) is 0.816. The van der Waals surface area contributed by atoms with Crippen LogP contribution in [0.4, 0.5) is 0 Å². The van der Waals surface area contributed by atoms with Gasteiger partial charge in [0.25, 0.3) is 0 Å². The van der Waals surface area contributed by atoms with E-state index in [0.29, 0.717) is 5.41 Å². The molecule has 5 fully saturated rings. The Kier molecular flexibility index (Phi) is 2.56. The van der Waals surface area contributed by atoms with Crippen molar-refractivity contribution in [2.45, 2.75) is 38.5 Å². The predicted octanol–water partition coefficient (Wildman–Crippen LogP) is 3.14. The van der Waals surface area contributed by atoms with Crippen molar-refractivity contribution in [3.8, 4) is 0 Å². The first-order chi connectivity index (χ1) is 8.31. The predicted molar refractivity (Wildman–Crippen MR) is 74.0 cm³/mol. The van der Waals surface area contributed by atoms with Gasteiger partial charge in [0, 0.05) is 5.75 Å². The summed E-state index contributed by atoms with van der Waals surface area (Å²) in [6.07, 6.45) is 9.23. The highest BCUT2D eigenvalue weighted by Crippen LogP contribution is 2.62. The Bertz CT molecular complexity index is 280. The third kappa shape index (κ3) is 1.56. The van der Waals surface area contributed by atoms with Crippen molar-refractivity contribution in [1.82, 2.24) is 0 Å². The molecule has 5 rings (SSSR count).